The average Bonchev–Trinajstić information content (AvgIpc) is 2.78. The number of carbonyl (C=O) groups excluding carboxylic acids is 1. The van der Waals surface area contributed by atoms with E-state index in [1.165, 1.54) is 0 Å². The van der Waals surface area contributed by atoms with Crippen LogP contribution >= 0.6 is 0 Å². The van der Waals surface area contributed by atoms with Crippen molar-refractivity contribution in [2.45, 2.75) is 19.9 Å². The number of Topliss-reactive ketones (excluding diaryl/α,β-unsaturated/α-hetero) is 1. The monoisotopic (exact) mass is 316 g/mol. The number of rotatable bonds is 1. The van der Waals surface area contributed by atoms with E-state index in [1.54, 1.807) is 18.5 Å². The van der Waals surface area contributed by atoms with Crippen LogP contribution in [0.25, 0.3) is 11.8 Å². The van der Waals surface area contributed by atoms with Crippen molar-refractivity contribution in [3.8, 4) is 6.07 Å². The summed E-state index contributed by atoms with van der Waals surface area (Å²) in [6.45, 7) is 3.71. The van der Waals surface area contributed by atoms with Crippen molar-refractivity contribution in [3.63, 3.8) is 0 Å². The Morgan fingerprint density at radius 1 is 1.33 bits per heavy atom. The van der Waals surface area contributed by atoms with Crippen molar-refractivity contribution in [1.29, 1.82) is 5.26 Å². The lowest BCUT2D eigenvalue weighted by molar-refractivity contribution is 0.103. The van der Waals surface area contributed by atoms with E-state index in [0.717, 1.165) is 46.9 Å². The lowest BCUT2D eigenvalue weighted by atomic mass is 9.91. The number of allylic oxidation sites excluding steroid dienone is 2. The van der Waals surface area contributed by atoms with E-state index in [4.69, 9.17) is 0 Å². The first-order valence-corrected chi connectivity index (χ1v) is 7.96. The third kappa shape index (κ3) is 2.00. The van der Waals surface area contributed by atoms with E-state index in [-0.39, 0.29) is 11.4 Å². The molecule has 24 heavy (non-hydrogen) atoms. The second-order valence-electron chi connectivity index (χ2n) is 5.99. The summed E-state index contributed by atoms with van der Waals surface area (Å²) in [4.78, 5) is 16.9. The van der Waals surface area contributed by atoms with E-state index in [0.29, 0.717) is 5.56 Å². The Bertz CT molecular complexity index is 1040. The maximum atomic E-state index is 12.8. The quantitative estimate of drug-likeness (QED) is 0.843. The minimum atomic E-state index is -0.184. The van der Waals surface area contributed by atoms with Gasteiger partial charge in [0, 0.05) is 37.3 Å². The number of nitriles is 1. The maximum absolute atomic E-state index is 12.8. The molecule has 0 spiro atoms. The first kappa shape index (κ1) is 14.5. The summed E-state index contributed by atoms with van der Waals surface area (Å²) in [5, 5.41) is 14.6. The summed E-state index contributed by atoms with van der Waals surface area (Å²) in [6, 6.07) is 5.88. The van der Waals surface area contributed by atoms with Gasteiger partial charge in [0.1, 0.15) is 11.6 Å². The Balaban J connectivity index is 2.19. The van der Waals surface area contributed by atoms with Crippen molar-refractivity contribution >= 4 is 17.6 Å². The Morgan fingerprint density at radius 2 is 2.12 bits per heavy atom. The summed E-state index contributed by atoms with van der Waals surface area (Å²) in [6.07, 6.45) is 8.13. The Labute approximate surface area is 139 Å². The molecule has 4 rings (SSSR count). The van der Waals surface area contributed by atoms with Gasteiger partial charge in [-0.15, -0.1) is 0 Å². The molecule has 3 heterocycles. The van der Waals surface area contributed by atoms with Crippen molar-refractivity contribution in [2.24, 2.45) is 0 Å². The fraction of sp³-hybridized carbons (Fsp3) is 0.211. The van der Waals surface area contributed by atoms with Crippen LogP contribution in [0.4, 0.5) is 0 Å². The predicted molar refractivity (Wildman–Crippen MR) is 90.3 cm³/mol. The van der Waals surface area contributed by atoms with Gasteiger partial charge in [0.2, 0.25) is 5.78 Å². The van der Waals surface area contributed by atoms with Gasteiger partial charge < -0.3 is 9.88 Å². The van der Waals surface area contributed by atoms with Gasteiger partial charge in [-0.1, -0.05) is 0 Å². The first-order valence-electron chi connectivity index (χ1n) is 7.96. The Kier molecular flexibility index (Phi) is 3.31. The van der Waals surface area contributed by atoms with Crippen LogP contribution in [-0.4, -0.2) is 21.9 Å². The number of fused-ring (bicyclic) bond motifs is 3. The minimum Gasteiger partial charge on any atom is -0.389 e. The Hall–Kier alpha value is -3.13. The van der Waals surface area contributed by atoms with E-state index < -0.39 is 0 Å². The highest BCUT2D eigenvalue weighted by molar-refractivity contribution is 6.16. The molecule has 1 aliphatic heterocycles. The predicted octanol–water partition coefficient (Wildman–Crippen LogP) is 0.768. The van der Waals surface area contributed by atoms with Crippen LogP contribution in [0.15, 0.2) is 36.2 Å². The summed E-state index contributed by atoms with van der Waals surface area (Å²) in [5.74, 6) is -0.184. The van der Waals surface area contributed by atoms with Crippen LogP contribution in [0, 0.1) is 18.3 Å². The summed E-state index contributed by atoms with van der Waals surface area (Å²) in [5.41, 5.74) is 3.64. The van der Waals surface area contributed by atoms with Gasteiger partial charge in [0.05, 0.1) is 16.3 Å². The highest BCUT2D eigenvalue weighted by atomic mass is 16.1. The maximum Gasteiger partial charge on any atom is 0.206 e. The van der Waals surface area contributed by atoms with Crippen LogP contribution in [0.2, 0.25) is 0 Å². The summed E-state index contributed by atoms with van der Waals surface area (Å²) < 4.78 is 2.20. The molecule has 5 heteroatoms. The molecule has 0 unspecified atom stereocenters. The molecular formula is C19H16N4O. The number of carbonyl (C=O) groups is 1. The molecule has 2 aromatic rings. The van der Waals surface area contributed by atoms with Gasteiger partial charge in [-0.25, -0.2) is 0 Å². The largest absolute Gasteiger partial charge is 0.389 e. The van der Waals surface area contributed by atoms with Crippen LogP contribution in [0.3, 0.4) is 0 Å². The average molecular weight is 316 g/mol. The molecule has 2 aromatic heterocycles. The van der Waals surface area contributed by atoms with E-state index in [2.05, 4.69) is 20.9 Å². The number of hydrogen-bond donors (Lipinski definition) is 1. The van der Waals surface area contributed by atoms with Crippen molar-refractivity contribution in [1.82, 2.24) is 14.9 Å². The zero-order valence-electron chi connectivity index (χ0n) is 13.3. The molecule has 0 fully saturated rings. The SMILES string of the molecule is Cc1c2c(n3c1=CNCCC3)=C(c1ccncc1)C=C(C#N)C2=O. The molecule has 0 bridgehead atoms. The molecule has 1 aliphatic carbocycles. The summed E-state index contributed by atoms with van der Waals surface area (Å²) >= 11 is 0. The van der Waals surface area contributed by atoms with Crippen LogP contribution < -0.4 is 16.0 Å². The highest BCUT2D eigenvalue weighted by Crippen LogP contribution is 2.22. The van der Waals surface area contributed by atoms with Gasteiger partial charge in [-0.05, 0) is 42.7 Å². The lowest BCUT2D eigenvalue weighted by Gasteiger charge is -2.13. The van der Waals surface area contributed by atoms with Crippen molar-refractivity contribution in [3.05, 3.63) is 63.6 Å². The van der Waals surface area contributed by atoms with Gasteiger partial charge in [0.25, 0.3) is 0 Å². The standard InChI is InChI=1S/C19H16N4O/c1-12-16-11-22-5-2-8-23(16)18-15(13-3-6-21-7-4-13)9-14(10-20)19(24)17(12)18/h3-4,6-7,9,11,22H,2,5,8H2,1H3. The molecule has 1 N–H and O–H groups in total. The molecule has 2 aliphatic rings. The van der Waals surface area contributed by atoms with E-state index in [1.807, 2.05) is 25.3 Å². The fourth-order valence-corrected chi connectivity index (χ4v) is 3.50. The smallest absolute Gasteiger partial charge is 0.206 e. The normalized spacial score (nSPS) is 16.1. The zero-order valence-corrected chi connectivity index (χ0v) is 13.3. The second-order valence-corrected chi connectivity index (χ2v) is 5.99. The van der Waals surface area contributed by atoms with Gasteiger partial charge in [-0.2, -0.15) is 5.26 Å². The lowest BCUT2D eigenvalue weighted by Crippen LogP contribution is -2.32. The van der Waals surface area contributed by atoms with E-state index in [9.17, 15) is 10.1 Å². The third-order valence-corrected chi connectivity index (χ3v) is 4.63. The molecule has 5 nitrogen and oxygen atoms in total. The Morgan fingerprint density at radius 3 is 2.88 bits per heavy atom. The highest BCUT2D eigenvalue weighted by Gasteiger charge is 2.27. The number of nitrogens with zero attached hydrogens (tertiary/aromatic N) is 3. The zero-order chi connectivity index (χ0) is 16.7. The van der Waals surface area contributed by atoms with E-state index >= 15 is 0 Å². The number of ketones is 1. The summed E-state index contributed by atoms with van der Waals surface area (Å²) in [7, 11) is 0. The molecule has 0 atom stereocenters. The number of aromatic nitrogens is 2. The van der Waals surface area contributed by atoms with Crippen LogP contribution in [0.5, 0.6) is 0 Å². The number of nitrogens with one attached hydrogen (secondary N) is 1. The topological polar surface area (TPSA) is 70.7 Å². The molecule has 0 amide bonds. The minimum absolute atomic E-state index is 0.184. The van der Waals surface area contributed by atoms with Gasteiger partial charge in [-0.3, -0.25) is 9.78 Å². The van der Waals surface area contributed by atoms with Gasteiger partial charge in [0.15, 0.2) is 0 Å². The third-order valence-electron chi connectivity index (χ3n) is 4.63. The van der Waals surface area contributed by atoms with Crippen LogP contribution in [-0.2, 0) is 6.54 Å². The first-order chi connectivity index (χ1) is 11.7. The van der Waals surface area contributed by atoms with Crippen molar-refractivity contribution in [2.75, 3.05) is 6.54 Å². The molecule has 0 aromatic carbocycles. The fourth-order valence-electron chi connectivity index (χ4n) is 3.50. The molecular weight excluding hydrogens is 300 g/mol. The second kappa shape index (κ2) is 5.50. The van der Waals surface area contributed by atoms with Crippen LogP contribution in [0.1, 0.15) is 27.9 Å². The molecule has 118 valence electrons. The van der Waals surface area contributed by atoms with Gasteiger partial charge >= 0.3 is 0 Å². The van der Waals surface area contributed by atoms with Crippen molar-refractivity contribution < 1.29 is 4.79 Å². The number of hydrogen-bond acceptors (Lipinski definition) is 4. The molecule has 0 saturated heterocycles. The molecule has 0 radical (unpaired) electrons. The number of pyridine rings is 1. The molecule has 0 saturated carbocycles.